The first-order chi connectivity index (χ1) is 12.4. The number of nitro groups is 1. The molecule has 0 radical (unpaired) electrons. The number of hydrogen-bond donors (Lipinski definition) is 1. The summed E-state index contributed by atoms with van der Waals surface area (Å²) in [6.07, 6.45) is 2.99. The number of nitrogens with one attached hydrogen (secondary N) is 1. The maximum Gasteiger partial charge on any atom is 0.273 e. The van der Waals surface area contributed by atoms with Crippen molar-refractivity contribution in [3.8, 4) is 0 Å². The van der Waals surface area contributed by atoms with E-state index in [9.17, 15) is 19.3 Å². The van der Waals surface area contributed by atoms with Gasteiger partial charge >= 0.3 is 0 Å². The van der Waals surface area contributed by atoms with Crippen LogP contribution in [0.5, 0.6) is 0 Å². The Kier molecular flexibility index (Phi) is 4.74. The van der Waals surface area contributed by atoms with E-state index in [4.69, 9.17) is 0 Å². The van der Waals surface area contributed by atoms with Crippen molar-refractivity contribution in [2.75, 3.05) is 5.32 Å². The number of halogens is 1. The third kappa shape index (κ3) is 3.75. The maximum atomic E-state index is 13.7. The number of hydrogen-bond acceptors (Lipinski definition) is 4. The fourth-order valence-corrected chi connectivity index (χ4v) is 2.47. The van der Waals surface area contributed by atoms with Crippen LogP contribution in [-0.2, 0) is 6.54 Å². The van der Waals surface area contributed by atoms with E-state index in [1.807, 2.05) is 0 Å². The SMILES string of the molecule is Cc1ccc(C(=O)Nc2cnn(Cc3ccccc3F)c2)cc1[N+](=O)[O-]. The smallest absolute Gasteiger partial charge is 0.273 e. The Labute approximate surface area is 148 Å². The van der Waals surface area contributed by atoms with Crippen LogP contribution in [0.25, 0.3) is 0 Å². The van der Waals surface area contributed by atoms with Gasteiger partial charge in [0, 0.05) is 29.0 Å². The Morgan fingerprint density at radius 3 is 2.81 bits per heavy atom. The molecule has 0 unspecified atom stereocenters. The van der Waals surface area contributed by atoms with Gasteiger partial charge in [-0.15, -0.1) is 0 Å². The molecular formula is C18H15FN4O3. The average Bonchev–Trinajstić information content (AvgIpc) is 3.04. The predicted octanol–water partition coefficient (Wildman–Crippen LogP) is 3.54. The molecule has 8 heteroatoms. The first-order valence-electron chi connectivity index (χ1n) is 7.76. The van der Waals surface area contributed by atoms with E-state index < -0.39 is 10.8 Å². The van der Waals surface area contributed by atoms with Crippen molar-refractivity contribution in [3.05, 3.63) is 87.5 Å². The highest BCUT2D eigenvalue weighted by atomic mass is 19.1. The molecular weight excluding hydrogens is 339 g/mol. The Hall–Kier alpha value is -3.55. The Bertz CT molecular complexity index is 984. The lowest BCUT2D eigenvalue weighted by molar-refractivity contribution is -0.385. The van der Waals surface area contributed by atoms with Crippen LogP contribution in [0, 0.1) is 22.9 Å². The molecule has 1 N–H and O–H groups in total. The van der Waals surface area contributed by atoms with Crippen molar-refractivity contribution in [1.29, 1.82) is 0 Å². The first kappa shape index (κ1) is 17.3. The van der Waals surface area contributed by atoms with Gasteiger partial charge in [-0.1, -0.05) is 24.3 Å². The Morgan fingerprint density at radius 1 is 1.31 bits per heavy atom. The topological polar surface area (TPSA) is 90.1 Å². The van der Waals surface area contributed by atoms with Crippen LogP contribution < -0.4 is 5.32 Å². The molecule has 7 nitrogen and oxygen atoms in total. The number of nitrogens with zero attached hydrogens (tertiary/aromatic N) is 3. The summed E-state index contributed by atoms with van der Waals surface area (Å²) >= 11 is 0. The molecule has 0 aliphatic heterocycles. The number of benzene rings is 2. The lowest BCUT2D eigenvalue weighted by atomic mass is 10.1. The number of rotatable bonds is 5. The zero-order chi connectivity index (χ0) is 18.7. The molecule has 0 aliphatic rings. The number of aromatic nitrogens is 2. The number of nitro benzene ring substituents is 1. The quantitative estimate of drug-likeness (QED) is 0.560. The Morgan fingerprint density at radius 2 is 2.08 bits per heavy atom. The van der Waals surface area contributed by atoms with Crippen molar-refractivity contribution in [2.24, 2.45) is 0 Å². The molecule has 132 valence electrons. The van der Waals surface area contributed by atoms with Crippen LogP contribution in [0.15, 0.2) is 54.9 Å². The number of aryl methyl sites for hydroxylation is 1. The van der Waals surface area contributed by atoms with E-state index in [2.05, 4.69) is 10.4 Å². The molecule has 0 aliphatic carbocycles. The number of amides is 1. The minimum Gasteiger partial charge on any atom is -0.319 e. The summed E-state index contributed by atoms with van der Waals surface area (Å²) in [4.78, 5) is 22.8. The summed E-state index contributed by atoms with van der Waals surface area (Å²) in [6, 6.07) is 10.6. The lowest BCUT2D eigenvalue weighted by Gasteiger charge is -2.04. The van der Waals surface area contributed by atoms with Crippen LogP contribution >= 0.6 is 0 Å². The third-order valence-corrected chi connectivity index (χ3v) is 3.85. The zero-order valence-electron chi connectivity index (χ0n) is 13.8. The fourth-order valence-electron chi connectivity index (χ4n) is 2.47. The summed E-state index contributed by atoms with van der Waals surface area (Å²) in [5, 5.41) is 17.7. The molecule has 0 saturated carbocycles. The molecule has 2 aromatic carbocycles. The highest BCUT2D eigenvalue weighted by Gasteiger charge is 2.15. The highest BCUT2D eigenvalue weighted by Crippen LogP contribution is 2.20. The van der Waals surface area contributed by atoms with E-state index in [0.717, 1.165) is 0 Å². The van der Waals surface area contributed by atoms with Gasteiger partial charge in [-0.05, 0) is 19.1 Å². The van der Waals surface area contributed by atoms with Crippen LogP contribution in [-0.4, -0.2) is 20.6 Å². The number of carbonyl (C=O) groups excluding carboxylic acids is 1. The largest absolute Gasteiger partial charge is 0.319 e. The second-order valence-electron chi connectivity index (χ2n) is 5.73. The first-order valence-corrected chi connectivity index (χ1v) is 7.76. The Balaban J connectivity index is 1.73. The van der Waals surface area contributed by atoms with Gasteiger partial charge in [0.05, 0.1) is 23.4 Å². The number of carbonyl (C=O) groups is 1. The van der Waals surface area contributed by atoms with Gasteiger partial charge in [0.25, 0.3) is 11.6 Å². The standard InChI is InChI=1S/C18H15FN4O3/c1-12-6-7-13(8-17(12)23(25)26)18(24)21-15-9-20-22(11-15)10-14-4-2-3-5-16(14)19/h2-9,11H,10H2,1H3,(H,21,24). The predicted molar refractivity (Wildman–Crippen MR) is 93.5 cm³/mol. The minimum atomic E-state index is -0.529. The van der Waals surface area contributed by atoms with Crippen molar-refractivity contribution in [2.45, 2.75) is 13.5 Å². The average molecular weight is 354 g/mol. The highest BCUT2D eigenvalue weighted by molar-refractivity contribution is 6.04. The molecule has 1 heterocycles. The van der Waals surface area contributed by atoms with Gasteiger partial charge in [-0.2, -0.15) is 5.10 Å². The normalized spacial score (nSPS) is 10.5. The van der Waals surface area contributed by atoms with E-state index in [1.165, 1.54) is 35.1 Å². The van der Waals surface area contributed by atoms with Gasteiger partial charge in [0.1, 0.15) is 5.82 Å². The van der Waals surface area contributed by atoms with E-state index in [-0.39, 0.29) is 23.6 Å². The summed E-state index contributed by atoms with van der Waals surface area (Å²) in [5.41, 5.74) is 1.42. The zero-order valence-corrected chi connectivity index (χ0v) is 13.8. The van der Waals surface area contributed by atoms with Crippen molar-refractivity contribution < 1.29 is 14.1 Å². The molecule has 1 amide bonds. The van der Waals surface area contributed by atoms with Crippen molar-refractivity contribution in [1.82, 2.24) is 9.78 Å². The van der Waals surface area contributed by atoms with Crippen LogP contribution in [0.2, 0.25) is 0 Å². The molecule has 0 spiro atoms. The molecule has 26 heavy (non-hydrogen) atoms. The van der Waals surface area contributed by atoms with Crippen LogP contribution in [0.4, 0.5) is 15.8 Å². The monoisotopic (exact) mass is 354 g/mol. The van der Waals surface area contributed by atoms with E-state index in [0.29, 0.717) is 16.8 Å². The van der Waals surface area contributed by atoms with E-state index >= 15 is 0 Å². The minimum absolute atomic E-state index is 0.118. The number of anilines is 1. The second-order valence-corrected chi connectivity index (χ2v) is 5.73. The van der Waals surface area contributed by atoms with Crippen LogP contribution in [0.1, 0.15) is 21.5 Å². The summed E-state index contributed by atoms with van der Waals surface area (Å²) in [5.74, 6) is -0.820. The second kappa shape index (κ2) is 7.14. The molecule has 0 atom stereocenters. The summed E-state index contributed by atoms with van der Waals surface area (Å²) in [7, 11) is 0. The van der Waals surface area contributed by atoms with Crippen LogP contribution in [0.3, 0.4) is 0 Å². The van der Waals surface area contributed by atoms with Gasteiger partial charge in [0.15, 0.2) is 0 Å². The molecule has 0 bridgehead atoms. The van der Waals surface area contributed by atoms with E-state index in [1.54, 1.807) is 31.3 Å². The van der Waals surface area contributed by atoms with Crippen molar-refractivity contribution >= 4 is 17.3 Å². The summed E-state index contributed by atoms with van der Waals surface area (Å²) in [6.45, 7) is 1.82. The van der Waals surface area contributed by atoms with Gasteiger partial charge in [-0.3, -0.25) is 19.6 Å². The van der Waals surface area contributed by atoms with Gasteiger partial charge in [0.2, 0.25) is 0 Å². The fraction of sp³-hybridized carbons (Fsp3) is 0.111. The third-order valence-electron chi connectivity index (χ3n) is 3.85. The summed E-state index contributed by atoms with van der Waals surface area (Å²) < 4.78 is 15.2. The molecule has 0 fully saturated rings. The van der Waals surface area contributed by atoms with Gasteiger partial charge in [-0.25, -0.2) is 4.39 Å². The molecule has 0 saturated heterocycles. The maximum absolute atomic E-state index is 13.7. The lowest BCUT2D eigenvalue weighted by Crippen LogP contribution is -2.12. The van der Waals surface area contributed by atoms with Crippen molar-refractivity contribution in [3.63, 3.8) is 0 Å². The molecule has 3 aromatic rings. The van der Waals surface area contributed by atoms with Gasteiger partial charge < -0.3 is 5.32 Å². The molecule has 3 rings (SSSR count). The molecule has 1 aromatic heterocycles.